The van der Waals surface area contributed by atoms with Crippen LogP contribution in [0, 0.1) is 0 Å². The lowest BCUT2D eigenvalue weighted by Gasteiger charge is -2.19. The van der Waals surface area contributed by atoms with E-state index in [2.05, 4.69) is 10.3 Å². The highest BCUT2D eigenvalue weighted by Gasteiger charge is 2.30. The van der Waals surface area contributed by atoms with E-state index in [9.17, 15) is 13.2 Å². The Hall–Kier alpha value is -1.40. The summed E-state index contributed by atoms with van der Waals surface area (Å²) in [7, 11) is 0. The standard InChI is InChI=1S/C14H15F3N2S/c1-2-19-13(7-12-8-18-9-20-12)10-4-3-5-11(6-10)14(15,16)17/h3-6,8-9,13,19H,2,7H2,1H3. The molecule has 0 aliphatic rings. The van der Waals surface area contributed by atoms with E-state index in [1.54, 1.807) is 17.8 Å². The lowest BCUT2D eigenvalue weighted by atomic mass is 10.0. The Kier molecular flexibility index (Phi) is 4.77. The van der Waals surface area contributed by atoms with Gasteiger partial charge < -0.3 is 5.32 Å². The zero-order valence-corrected chi connectivity index (χ0v) is 11.8. The van der Waals surface area contributed by atoms with Gasteiger partial charge in [-0.05, 0) is 24.2 Å². The van der Waals surface area contributed by atoms with Crippen LogP contribution in [-0.2, 0) is 12.6 Å². The van der Waals surface area contributed by atoms with Crippen LogP contribution in [0.4, 0.5) is 13.2 Å². The summed E-state index contributed by atoms with van der Waals surface area (Å²) >= 11 is 1.51. The van der Waals surface area contributed by atoms with E-state index < -0.39 is 11.7 Å². The van der Waals surface area contributed by atoms with Crippen molar-refractivity contribution in [2.24, 2.45) is 0 Å². The van der Waals surface area contributed by atoms with Crippen LogP contribution in [0.1, 0.15) is 29.0 Å². The zero-order chi connectivity index (χ0) is 14.6. The number of nitrogens with one attached hydrogen (secondary N) is 1. The first-order valence-corrected chi connectivity index (χ1v) is 7.16. The Bertz CT molecular complexity index is 538. The number of rotatable bonds is 5. The van der Waals surface area contributed by atoms with Crippen molar-refractivity contribution in [3.05, 3.63) is 52.0 Å². The van der Waals surface area contributed by atoms with Gasteiger partial charge in [0.1, 0.15) is 0 Å². The first kappa shape index (κ1) is 15.0. The zero-order valence-electron chi connectivity index (χ0n) is 10.9. The van der Waals surface area contributed by atoms with Crippen molar-refractivity contribution in [2.75, 3.05) is 6.54 Å². The molecule has 0 fully saturated rings. The molecular weight excluding hydrogens is 285 g/mol. The minimum Gasteiger partial charge on any atom is -0.310 e. The van der Waals surface area contributed by atoms with Gasteiger partial charge in [0.25, 0.3) is 0 Å². The molecule has 0 aliphatic heterocycles. The molecule has 2 rings (SSSR count). The molecule has 0 bridgehead atoms. The highest BCUT2D eigenvalue weighted by molar-refractivity contribution is 7.09. The van der Waals surface area contributed by atoms with Gasteiger partial charge >= 0.3 is 6.18 Å². The van der Waals surface area contributed by atoms with Gasteiger partial charge in [-0.15, -0.1) is 11.3 Å². The summed E-state index contributed by atoms with van der Waals surface area (Å²) in [4.78, 5) is 5.05. The normalized spacial score (nSPS) is 13.4. The highest BCUT2D eigenvalue weighted by atomic mass is 32.1. The highest BCUT2D eigenvalue weighted by Crippen LogP contribution is 2.31. The minimum atomic E-state index is -4.31. The lowest BCUT2D eigenvalue weighted by molar-refractivity contribution is -0.137. The third-order valence-corrected chi connectivity index (χ3v) is 3.76. The Labute approximate surface area is 119 Å². The lowest BCUT2D eigenvalue weighted by Crippen LogP contribution is -2.23. The van der Waals surface area contributed by atoms with Gasteiger partial charge in [0.2, 0.25) is 0 Å². The second-order valence-electron chi connectivity index (χ2n) is 4.41. The first-order chi connectivity index (χ1) is 9.50. The van der Waals surface area contributed by atoms with Gasteiger partial charge in [-0.1, -0.05) is 19.1 Å². The number of halogens is 3. The van der Waals surface area contributed by atoms with Crippen LogP contribution in [0.5, 0.6) is 0 Å². The number of thiazole rings is 1. The molecule has 1 N–H and O–H groups in total. The molecule has 0 radical (unpaired) electrons. The summed E-state index contributed by atoms with van der Waals surface area (Å²) in [5.41, 5.74) is 1.77. The Balaban J connectivity index is 2.25. The van der Waals surface area contributed by atoms with Crippen LogP contribution in [0.25, 0.3) is 0 Å². The molecule has 0 spiro atoms. The van der Waals surface area contributed by atoms with Crippen molar-refractivity contribution in [1.82, 2.24) is 10.3 Å². The van der Waals surface area contributed by atoms with Crippen LogP contribution in [0.15, 0.2) is 36.0 Å². The molecule has 0 saturated heterocycles. The first-order valence-electron chi connectivity index (χ1n) is 6.28. The third kappa shape index (κ3) is 3.80. The molecule has 1 aromatic carbocycles. The SMILES string of the molecule is CCNC(Cc1cncs1)c1cccc(C(F)(F)F)c1. The number of hydrogen-bond acceptors (Lipinski definition) is 3. The molecule has 2 nitrogen and oxygen atoms in total. The number of nitrogens with zero attached hydrogens (tertiary/aromatic N) is 1. The summed E-state index contributed by atoms with van der Waals surface area (Å²) < 4.78 is 38.3. The van der Waals surface area contributed by atoms with Crippen molar-refractivity contribution < 1.29 is 13.2 Å². The summed E-state index contributed by atoms with van der Waals surface area (Å²) in [6, 6.07) is 5.36. The van der Waals surface area contributed by atoms with E-state index in [4.69, 9.17) is 0 Å². The van der Waals surface area contributed by atoms with Gasteiger partial charge in [-0.2, -0.15) is 13.2 Å². The molecule has 1 heterocycles. The summed E-state index contributed by atoms with van der Waals surface area (Å²) in [5, 5.41) is 3.23. The van der Waals surface area contributed by atoms with Crippen LogP contribution < -0.4 is 5.32 Å². The number of benzene rings is 1. The summed E-state index contributed by atoms with van der Waals surface area (Å²) in [6.45, 7) is 2.63. The van der Waals surface area contributed by atoms with Crippen LogP contribution in [0.3, 0.4) is 0 Å². The van der Waals surface area contributed by atoms with E-state index in [0.29, 0.717) is 18.5 Å². The van der Waals surface area contributed by atoms with Crippen LogP contribution in [-0.4, -0.2) is 11.5 Å². The van der Waals surface area contributed by atoms with Gasteiger partial charge in [0.15, 0.2) is 0 Å². The predicted octanol–water partition coefficient (Wildman–Crippen LogP) is 4.06. The van der Waals surface area contributed by atoms with Crippen molar-refractivity contribution in [3.63, 3.8) is 0 Å². The maximum Gasteiger partial charge on any atom is 0.416 e. The number of aromatic nitrogens is 1. The molecule has 1 aromatic heterocycles. The van der Waals surface area contributed by atoms with E-state index in [-0.39, 0.29) is 6.04 Å². The molecule has 1 atom stereocenters. The largest absolute Gasteiger partial charge is 0.416 e. The smallest absolute Gasteiger partial charge is 0.310 e. The van der Waals surface area contributed by atoms with Crippen LogP contribution in [0.2, 0.25) is 0 Å². The Morgan fingerprint density at radius 1 is 1.35 bits per heavy atom. The van der Waals surface area contributed by atoms with Gasteiger partial charge in [0, 0.05) is 23.5 Å². The predicted molar refractivity (Wildman–Crippen MR) is 73.7 cm³/mol. The monoisotopic (exact) mass is 300 g/mol. The van der Waals surface area contributed by atoms with Gasteiger partial charge in [0.05, 0.1) is 11.1 Å². The molecular formula is C14H15F3N2S. The molecule has 20 heavy (non-hydrogen) atoms. The number of hydrogen-bond donors (Lipinski definition) is 1. The average Bonchev–Trinajstić information content (AvgIpc) is 2.90. The van der Waals surface area contributed by atoms with Gasteiger partial charge in [-0.25, -0.2) is 0 Å². The molecule has 0 aliphatic carbocycles. The fourth-order valence-electron chi connectivity index (χ4n) is 2.03. The molecule has 6 heteroatoms. The van der Waals surface area contributed by atoms with Crippen molar-refractivity contribution >= 4 is 11.3 Å². The van der Waals surface area contributed by atoms with E-state index in [1.165, 1.54) is 23.5 Å². The quantitative estimate of drug-likeness (QED) is 0.901. The van der Waals surface area contributed by atoms with E-state index in [0.717, 1.165) is 10.9 Å². The van der Waals surface area contributed by atoms with Gasteiger partial charge in [-0.3, -0.25) is 4.98 Å². The maximum absolute atomic E-state index is 12.8. The second kappa shape index (κ2) is 6.37. The van der Waals surface area contributed by atoms with Crippen molar-refractivity contribution in [1.29, 1.82) is 0 Å². The number of likely N-dealkylation sites (N-methyl/N-ethyl adjacent to an activating group) is 1. The Morgan fingerprint density at radius 2 is 2.15 bits per heavy atom. The molecule has 1 unspecified atom stereocenters. The molecule has 0 amide bonds. The minimum absolute atomic E-state index is 0.136. The van der Waals surface area contributed by atoms with E-state index in [1.807, 2.05) is 6.92 Å². The average molecular weight is 300 g/mol. The van der Waals surface area contributed by atoms with Crippen LogP contribution >= 0.6 is 11.3 Å². The summed E-state index contributed by atoms with van der Waals surface area (Å²) in [5.74, 6) is 0. The van der Waals surface area contributed by atoms with Crippen molar-refractivity contribution in [2.45, 2.75) is 25.6 Å². The Morgan fingerprint density at radius 3 is 2.75 bits per heavy atom. The number of alkyl halides is 3. The molecule has 108 valence electrons. The second-order valence-corrected chi connectivity index (χ2v) is 5.38. The fraction of sp³-hybridized carbons (Fsp3) is 0.357. The third-order valence-electron chi connectivity index (χ3n) is 2.96. The fourth-order valence-corrected chi connectivity index (χ4v) is 2.67. The molecule has 2 aromatic rings. The van der Waals surface area contributed by atoms with Crippen molar-refractivity contribution in [3.8, 4) is 0 Å². The van der Waals surface area contributed by atoms with E-state index >= 15 is 0 Å². The maximum atomic E-state index is 12.8. The summed E-state index contributed by atoms with van der Waals surface area (Å²) in [6.07, 6.45) is -1.92. The topological polar surface area (TPSA) is 24.9 Å². The molecule has 0 saturated carbocycles.